The predicted molar refractivity (Wildman–Crippen MR) is 148 cm³/mol. The SMILES string of the molecule is O=P(c1ccccc1)(c1cccc(Br)c1)c1cccc(-n2c3ccccc3c3ccccc32)c1. The molecule has 0 saturated carbocycles. The molecule has 0 aliphatic carbocycles. The first-order chi connectivity index (χ1) is 16.7. The van der Waals surface area contributed by atoms with E-state index in [0.29, 0.717) is 0 Å². The van der Waals surface area contributed by atoms with Gasteiger partial charge in [0.15, 0.2) is 7.14 Å². The van der Waals surface area contributed by atoms with E-state index < -0.39 is 7.14 Å². The van der Waals surface area contributed by atoms with Crippen LogP contribution in [0, 0.1) is 0 Å². The van der Waals surface area contributed by atoms with E-state index in [4.69, 9.17) is 0 Å². The number of hydrogen-bond acceptors (Lipinski definition) is 1. The molecule has 1 heterocycles. The lowest BCUT2D eigenvalue weighted by molar-refractivity contribution is 0.592. The van der Waals surface area contributed by atoms with Crippen molar-refractivity contribution in [2.45, 2.75) is 0 Å². The van der Waals surface area contributed by atoms with Gasteiger partial charge < -0.3 is 9.13 Å². The molecule has 34 heavy (non-hydrogen) atoms. The Labute approximate surface area is 207 Å². The average Bonchev–Trinajstić information content (AvgIpc) is 3.23. The number of benzene rings is 5. The average molecular weight is 522 g/mol. The van der Waals surface area contributed by atoms with Crippen molar-refractivity contribution in [3.8, 4) is 5.69 Å². The number of nitrogens with zero attached hydrogens (tertiary/aromatic N) is 1. The highest BCUT2D eigenvalue weighted by atomic mass is 79.9. The first-order valence-electron chi connectivity index (χ1n) is 11.2. The van der Waals surface area contributed by atoms with Crippen LogP contribution in [0.4, 0.5) is 0 Å². The molecule has 6 aromatic rings. The first kappa shape index (κ1) is 21.2. The molecule has 0 radical (unpaired) electrons. The zero-order valence-electron chi connectivity index (χ0n) is 18.3. The molecule has 1 atom stereocenters. The number of aromatic nitrogens is 1. The second-order valence-corrected chi connectivity index (χ2v) is 12.0. The predicted octanol–water partition coefficient (Wildman–Crippen LogP) is 7.19. The fourth-order valence-electron chi connectivity index (χ4n) is 4.79. The number of fused-ring (bicyclic) bond motifs is 3. The van der Waals surface area contributed by atoms with Gasteiger partial charge in [-0.25, -0.2) is 0 Å². The standard InChI is InChI=1S/C30H21BrNOP/c31-22-10-8-14-25(20-22)34(33,24-12-2-1-3-13-24)26-15-9-11-23(21-26)32-29-18-6-4-16-27(29)28-17-5-7-19-30(28)32/h1-21H. The molecule has 0 amide bonds. The van der Waals surface area contributed by atoms with Crippen molar-refractivity contribution in [1.82, 2.24) is 4.57 Å². The van der Waals surface area contributed by atoms with E-state index in [1.54, 1.807) is 0 Å². The molecule has 2 nitrogen and oxygen atoms in total. The van der Waals surface area contributed by atoms with Crippen molar-refractivity contribution in [1.29, 1.82) is 0 Å². The molecule has 4 heteroatoms. The van der Waals surface area contributed by atoms with E-state index in [1.807, 2.05) is 66.7 Å². The molecule has 5 aromatic carbocycles. The lowest BCUT2D eigenvalue weighted by Gasteiger charge is -2.21. The van der Waals surface area contributed by atoms with Gasteiger partial charge in [0.25, 0.3) is 0 Å². The molecular formula is C30H21BrNOP. The number of para-hydroxylation sites is 2. The molecule has 164 valence electrons. The van der Waals surface area contributed by atoms with Crippen LogP contribution in [0.15, 0.2) is 132 Å². The summed E-state index contributed by atoms with van der Waals surface area (Å²) in [6.07, 6.45) is 0. The minimum absolute atomic E-state index is 0.812. The summed E-state index contributed by atoms with van der Waals surface area (Å²) in [6, 6.07) is 42.8. The number of rotatable bonds is 4. The van der Waals surface area contributed by atoms with E-state index in [1.165, 1.54) is 10.8 Å². The molecule has 0 aliphatic heterocycles. The van der Waals surface area contributed by atoms with Gasteiger partial charge >= 0.3 is 0 Å². The highest BCUT2D eigenvalue weighted by Crippen LogP contribution is 2.43. The van der Waals surface area contributed by atoms with Gasteiger partial charge in [0, 0.05) is 36.8 Å². The molecule has 6 rings (SSSR count). The number of halogens is 1. The van der Waals surface area contributed by atoms with Crippen molar-refractivity contribution < 1.29 is 4.57 Å². The Kier molecular flexibility index (Phi) is 5.25. The summed E-state index contributed by atoms with van der Waals surface area (Å²) < 4.78 is 18.2. The molecule has 1 aromatic heterocycles. The normalized spacial score (nSPS) is 13.2. The topological polar surface area (TPSA) is 22.0 Å². The van der Waals surface area contributed by atoms with Crippen LogP contribution in [0.25, 0.3) is 27.5 Å². The molecule has 0 bridgehead atoms. The Morgan fingerprint density at radius 2 is 1.06 bits per heavy atom. The highest BCUT2D eigenvalue weighted by Gasteiger charge is 2.30. The van der Waals surface area contributed by atoms with Crippen LogP contribution in [0.3, 0.4) is 0 Å². The van der Waals surface area contributed by atoms with E-state index >= 15 is 0 Å². The zero-order valence-corrected chi connectivity index (χ0v) is 20.8. The summed E-state index contributed by atoms with van der Waals surface area (Å²) in [7, 11) is -3.10. The van der Waals surface area contributed by atoms with Gasteiger partial charge in [0.05, 0.1) is 11.0 Å². The third-order valence-corrected chi connectivity index (χ3v) is 9.85. The van der Waals surface area contributed by atoms with Gasteiger partial charge in [-0.05, 0) is 36.4 Å². The van der Waals surface area contributed by atoms with E-state index in [0.717, 1.165) is 37.1 Å². The van der Waals surface area contributed by atoms with Crippen LogP contribution in [0.5, 0.6) is 0 Å². The molecule has 0 N–H and O–H groups in total. The molecular weight excluding hydrogens is 501 g/mol. The summed E-state index contributed by atoms with van der Waals surface area (Å²) in [5, 5.41) is 4.87. The van der Waals surface area contributed by atoms with Crippen molar-refractivity contribution in [2.24, 2.45) is 0 Å². The maximum absolute atomic E-state index is 15.0. The molecule has 0 spiro atoms. The van der Waals surface area contributed by atoms with E-state index in [9.17, 15) is 4.57 Å². The quantitative estimate of drug-likeness (QED) is 0.225. The molecule has 0 saturated heterocycles. The van der Waals surface area contributed by atoms with Crippen LogP contribution in [-0.4, -0.2) is 4.57 Å². The second-order valence-electron chi connectivity index (χ2n) is 8.31. The summed E-state index contributed by atoms with van der Waals surface area (Å²) in [5.74, 6) is 0. The maximum atomic E-state index is 15.0. The van der Waals surface area contributed by atoms with Gasteiger partial charge in [0.1, 0.15) is 0 Å². The summed E-state index contributed by atoms with van der Waals surface area (Å²) >= 11 is 3.57. The summed E-state index contributed by atoms with van der Waals surface area (Å²) in [5.41, 5.74) is 3.27. The lowest BCUT2D eigenvalue weighted by atomic mass is 10.2. The third-order valence-electron chi connectivity index (χ3n) is 6.32. The lowest BCUT2D eigenvalue weighted by Crippen LogP contribution is -2.25. The molecule has 0 aliphatic rings. The smallest absolute Gasteiger partial charge is 0.171 e. The third kappa shape index (κ3) is 3.36. The van der Waals surface area contributed by atoms with E-state index in [2.05, 4.69) is 81.2 Å². The molecule has 1 unspecified atom stereocenters. The fourth-order valence-corrected chi connectivity index (χ4v) is 8.08. The highest BCUT2D eigenvalue weighted by molar-refractivity contribution is 9.10. The van der Waals surface area contributed by atoms with Crippen LogP contribution in [0.2, 0.25) is 0 Å². The number of hydrogen-bond donors (Lipinski definition) is 0. The van der Waals surface area contributed by atoms with Gasteiger partial charge in [-0.2, -0.15) is 0 Å². The second kappa shape index (κ2) is 8.43. The van der Waals surface area contributed by atoms with Crippen LogP contribution >= 0.6 is 23.1 Å². The minimum atomic E-state index is -3.10. The van der Waals surface area contributed by atoms with Gasteiger partial charge in [0.2, 0.25) is 0 Å². The zero-order chi connectivity index (χ0) is 23.1. The monoisotopic (exact) mass is 521 g/mol. The van der Waals surface area contributed by atoms with Crippen LogP contribution < -0.4 is 15.9 Å². The summed E-state index contributed by atoms with van der Waals surface area (Å²) in [6.45, 7) is 0. The Hall–Kier alpha value is -3.39. The Morgan fingerprint density at radius 3 is 1.71 bits per heavy atom. The first-order valence-corrected chi connectivity index (χ1v) is 13.7. The van der Waals surface area contributed by atoms with Gasteiger partial charge in [-0.3, -0.25) is 0 Å². The fraction of sp³-hybridized carbons (Fsp3) is 0. The minimum Gasteiger partial charge on any atom is -0.309 e. The van der Waals surface area contributed by atoms with Gasteiger partial charge in [-0.15, -0.1) is 0 Å². The van der Waals surface area contributed by atoms with Crippen molar-refractivity contribution in [3.05, 3.63) is 132 Å². The molecule has 0 fully saturated rings. The van der Waals surface area contributed by atoms with Crippen molar-refractivity contribution in [3.63, 3.8) is 0 Å². The summed E-state index contributed by atoms with van der Waals surface area (Å²) in [4.78, 5) is 0. The van der Waals surface area contributed by atoms with E-state index in [-0.39, 0.29) is 0 Å². The Bertz CT molecular complexity index is 1650. The maximum Gasteiger partial charge on any atom is 0.171 e. The Balaban J connectivity index is 1.64. The van der Waals surface area contributed by atoms with Gasteiger partial charge in [-0.1, -0.05) is 107 Å². The largest absolute Gasteiger partial charge is 0.309 e. The van der Waals surface area contributed by atoms with Crippen molar-refractivity contribution >= 4 is 60.8 Å². The van der Waals surface area contributed by atoms with Crippen LogP contribution in [-0.2, 0) is 4.57 Å². The Morgan fingerprint density at radius 1 is 0.529 bits per heavy atom. The van der Waals surface area contributed by atoms with Crippen molar-refractivity contribution in [2.75, 3.05) is 0 Å². The van der Waals surface area contributed by atoms with Crippen LogP contribution in [0.1, 0.15) is 0 Å².